The molecule has 1 fully saturated rings. The molecular formula is C13H25N3O3. The van der Waals surface area contributed by atoms with Gasteiger partial charge >= 0.3 is 6.09 Å². The van der Waals surface area contributed by atoms with Crippen LogP contribution in [0.1, 0.15) is 40.5 Å². The first-order valence-electron chi connectivity index (χ1n) is 6.78. The first-order chi connectivity index (χ1) is 8.78. The normalized spacial score (nSPS) is 18.5. The number of rotatable bonds is 3. The molecule has 0 bridgehead atoms. The minimum absolute atomic E-state index is 0.169. The van der Waals surface area contributed by atoms with Crippen LogP contribution in [-0.4, -0.2) is 42.8 Å². The second-order valence-corrected chi connectivity index (χ2v) is 5.90. The third-order valence-electron chi connectivity index (χ3n) is 2.81. The van der Waals surface area contributed by atoms with Gasteiger partial charge in [0.15, 0.2) is 0 Å². The zero-order valence-electron chi connectivity index (χ0n) is 12.2. The summed E-state index contributed by atoms with van der Waals surface area (Å²) in [5.74, 6) is -0.169. The molecule has 1 aliphatic rings. The summed E-state index contributed by atoms with van der Waals surface area (Å²) < 4.78 is 5.11. The zero-order valence-corrected chi connectivity index (χ0v) is 12.2. The molecule has 1 saturated heterocycles. The molecule has 1 unspecified atom stereocenters. The smallest absolute Gasteiger partial charge is 0.408 e. The Hall–Kier alpha value is -1.30. The van der Waals surface area contributed by atoms with E-state index >= 15 is 0 Å². The van der Waals surface area contributed by atoms with E-state index in [-0.39, 0.29) is 11.9 Å². The Labute approximate surface area is 114 Å². The van der Waals surface area contributed by atoms with E-state index < -0.39 is 17.7 Å². The van der Waals surface area contributed by atoms with E-state index in [4.69, 9.17) is 4.74 Å². The number of hydrogen-bond acceptors (Lipinski definition) is 4. The molecule has 3 N–H and O–H groups in total. The van der Waals surface area contributed by atoms with Crippen LogP contribution < -0.4 is 16.0 Å². The topological polar surface area (TPSA) is 79.5 Å². The van der Waals surface area contributed by atoms with E-state index in [9.17, 15) is 9.59 Å². The van der Waals surface area contributed by atoms with Crippen LogP contribution in [0.3, 0.4) is 0 Å². The molecule has 1 rings (SSSR count). The summed E-state index contributed by atoms with van der Waals surface area (Å²) in [4.78, 5) is 23.5. The maximum Gasteiger partial charge on any atom is 0.408 e. The third kappa shape index (κ3) is 6.42. The average molecular weight is 271 g/mol. The Morgan fingerprint density at radius 1 is 1.26 bits per heavy atom. The van der Waals surface area contributed by atoms with Crippen molar-refractivity contribution in [2.24, 2.45) is 0 Å². The van der Waals surface area contributed by atoms with Crippen molar-refractivity contribution in [1.29, 1.82) is 0 Å². The highest BCUT2D eigenvalue weighted by Gasteiger charge is 2.23. The van der Waals surface area contributed by atoms with Crippen molar-refractivity contribution in [2.75, 3.05) is 13.1 Å². The largest absolute Gasteiger partial charge is 0.444 e. The highest BCUT2D eigenvalue weighted by molar-refractivity contribution is 5.85. The molecule has 0 radical (unpaired) electrons. The van der Waals surface area contributed by atoms with Gasteiger partial charge < -0.3 is 20.7 Å². The van der Waals surface area contributed by atoms with E-state index in [2.05, 4.69) is 16.0 Å². The lowest BCUT2D eigenvalue weighted by Gasteiger charge is -2.26. The Balaban J connectivity index is 2.33. The van der Waals surface area contributed by atoms with E-state index in [1.54, 1.807) is 27.7 Å². The van der Waals surface area contributed by atoms with Gasteiger partial charge in [-0.25, -0.2) is 4.79 Å². The summed E-state index contributed by atoms with van der Waals surface area (Å²) in [6.45, 7) is 8.84. The predicted octanol–water partition coefficient (Wildman–Crippen LogP) is 0.768. The van der Waals surface area contributed by atoms with Crippen LogP contribution in [0.5, 0.6) is 0 Å². The van der Waals surface area contributed by atoms with Crippen LogP contribution in [0.4, 0.5) is 4.79 Å². The fraction of sp³-hybridized carbons (Fsp3) is 0.846. The lowest BCUT2D eigenvalue weighted by atomic mass is 10.1. The molecule has 2 amide bonds. The molecule has 0 aromatic heterocycles. The molecule has 0 aromatic rings. The quantitative estimate of drug-likeness (QED) is 0.708. The molecule has 0 aromatic carbocycles. The van der Waals surface area contributed by atoms with Crippen LogP contribution >= 0.6 is 0 Å². The van der Waals surface area contributed by atoms with Crippen molar-refractivity contribution < 1.29 is 14.3 Å². The number of hydrogen-bond donors (Lipinski definition) is 3. The lowest BCUT2D eigenvalue weighted by Crippen LogP contribution is -2.51. The standard InChI is InChI=1S/C13H25N3O3/c1-9(15-12(18)19-13(2,3)4)11(17)16-10-5-7-14-8-6-10/h9-10,14H,5-8H2,1-4H3,(H,15,18)(H,16,17). The van der Waals surface area contributed by atoms with Gasteiger partial charge in [-0.2, -0.15) is 0 Å². The zero-order chi connectivity index (χ0) is 14.5. The number of ether oxygens (including phenoxy) is 1. The summed E-state index contributed by atoms with van der Waals surface area (Å²) in [6, 6.07) is -0.402. The fourth-order valence-electron chi connectivity index (χ4n) is 1.84. The van der Waals surface area contributed by atoms with Crippen molar-refractivity contribution in [1.82, 2.24) is 16.0 Å². The highest BCUT2D eigenvalue weighted by atomic mass is 16.6. The molecule has 6 heteroatoms. The Morgan fingerprint density at radius 2 is 1.84 bits per heavy atom. The van der Waals surface area contributed by atoms with Gasteiger partial charge in [0.05, 0.1) is 0 Å². The Morgan fingerprint density at radius 3 is 2.37 bits per heavy atom. The minimum Gasteiger partial charge on any atom is -0.444 e. The number of carbonyl (C=O) groups is 2. The molecule has 0 saturated carbocycles. The van der Waals surface area contributed by atoms with Gasteiger partial charge in [0.25, 0.3) is 0 Å². The van der Waals surface area contributed by atoms with E-state index in [0.717, 1.165) is 25.9 Å². The summed E-state index contributed by atoms with van der Waals surface area (Å²) in [5.41, 5.74) is -0.560. The van der Waals surface area contributed by atoms with Crippen molar-refractivity contribution in [3.8, 4) is 0 Å². The molecule has 1 aliphatic heterocycles. The van der Waals surface area contributed by atoms with Crippen LogP contribution in [0, 0.1) is 0 Å². The van der Waals surface area contributed by atoms with Gasteiger partial charge in [0.1, 0.15) is 11.6 Å². The monoisotopic (exact) mass is 271 g/mol. The third-order valence-corrected chi connectivity index (χ3v) is 2.81. The van der Waals surface area contributed by atoms with Gasteiger partial charge in [-0.1, -0.05) is 0 Å². The maximum absolute atomic E-state index is 11.9. The summed E-state index contributed by atoms with van der Waals surface area (Å²) in [7, 11) is 0. The summed E-state index contributed by atoms with van der Waals surface area (Å²) >= 11 is 0. The molecule has 1 atom stereocenters. The van der Waals surface area contributed by atoms with E-state index in [1.165, 1.54) is 0 Å². The molecule has 6 nitrogen and oxygen atoms in total. The van der Waals surface area contributed by atoms with Crippen LogP contribution in [0.15, 0.2) is 0 Å². The van der Waals surface area contributed by atoms with Crippen LogP contribution in [0.25, 0.3) is 0 Å². The average Bonchev–Trinajstić information content (AvgIpc) is 2.27. The van der Waals surface area contributed by atoms with Crippen molar-refractivity contribution in [3.05, 3.63) is 0 Å². The predicted molar refractivity (Wildman–Crippen MR) is 72.9 cm³/mol. The number of alkyl carbamates (subject to hydrolysis) is 1. The van der Waals surface area contributed by atoms with Gasteiger partial charge in [0.2, 0.25) is 5.91 Å². The lowest BCUT2D eigenvalue weighted by molar-refractivity contribution is -0.123. The number of amides is 2. The number of nitrogens with one attached hydrogen (secondary N) is 3. The van der Waals surface area contributed by atoms with E-state index in [1.807, 2.05) is 0 Å². The highest BCUT2D eigenvalue weighted by Crippen LogP contribution is 2.07. The Bertz CT molecular complexity index is 320. The van der Waals surface area contributed by atoms with Gasteiger partial charge in [-0.15, -0.1) is 0 Å². The second-order valence-electron chi connectivity index (χ2n) is 5.90. The van der Waals surface area contributed by atoms with Gasteiger partial charge in [-0.3, -0.25) is 4.79 Å². The SMILES string of the molecule is CC(NC(=O)OC(C)(C)C)C(=O)NC1CCNCC1. The van der Waals surface area contributed by atoms with Gasteiger partial charge in [0, 0.05) is 6.04 Å². The Kier molecular flexibility index (Phi) is 5.60. The molecule has 1 heterocycles. The van der Waals surface area contributed by atoms with Crippen LogP contribution in [-0.2, 0) is 9.53 Å². The summed E-state index contributed by atoms with van der Waals surface area (Å²) in [6.07, 6.45) is 1.27. The maximum atomic E-state index is 11.9. The van der Waals surface area contributed by atoms with Crippen molar-refractivity contribution in [3.63, 3.8) is 0 Å². The molecular weight excluding hydrogens is 246 g/mol. The summed E-state index contributed by atoms with van der Waals surface area (Å²) in [5, 5.41) is 8.71. The van der Waals surface area contributed by atoms with Crippen LogP contribution in [0.2, 0.25) is 0 Å². The molecule has 19 heavy (non-hydrogen) atoms. The number of carbonyl (C=O) groups excluding carboxylic acids is 2. The fourth-order valence-corrected chi connectivity index (χ4v) is 1.84. The number of piperidine rings is 1. The molecule has 0 spiro atoms. The first kappa shape index (κ1) is 15.8. The minimum atomic E-state index is -0.593. The molecule has 0 aliphatic carbocycles. The molecule has 110 valence electrons. The van der Waals surface area contributed by atoms with Crippen molar-refractivity contribution in [2.45, 2.75) is 58.2 Å². The second kappa shape index (κ2) is 6.75. The first-order valence-corrected chi connectivity index (χ1v) is 6.78. The van der Waals surface area contributed by atoms with E-state index in [0.29, 0.717) is 0 Å². The van der Waals surface area contributed by atoms with Crippen molar-refractivity contribution >= 4 is 12.0 Å². The van der Waals surface area contributed by atoms with Gasteiger partial charge in [-0.05, 0) is 53.6 Å².